The fourth-order valence-corrected chi connectivity index (χ4v) is 2.62. The Morgan fingerprint density at radius 1 is 1.29 bits per heavy atom. The highest BCUT2D eigenvalue weighted by atomic mass is 16.5. The van der Waals surface area contributed by atoms with Crippen LogP contribution in [0.3, 0.4) is 0 Å². The summed E-state index contributed by atoms with van der Waals surface area (Å²) in [5.74, 6) is 1.23. The van der Waals surface area contributed by atoms with Crippen molar-refractivity contribution in [2.24, 2.45) is 4.99 Å². The first-order chi connectivity index (χ1) is 11.5. The Hall–Kier alpha value is -2.43. The van der Waals surface area contributed by atoms with Gasteiger partial charge in [0.15, 0.2) is 0 Å². The van der Waals surface area contributed by atoms with Crippen LogP contribution in [0.4, 0.5) is 0 Å². The summed E-state index contributed by atoms with van der Waals surface area (Å²) in [7, 11) is 1.74. The number of benzene rings is 1. The number of aromatic nitrogens is 2. The molecule has 0 aliphatic rings. The molecule has 5 heteroatoms. The Morgan fingerprint density at radius 3 is 2.67 bits per heavy atom. The molecule has 0 saturated heterocycles. The Kier molecular flexibility index (Phi) is 5.90. The molecule has 0 saturated carbocycles. The van der Waals surface area contributed by atoms with Crippen LogP contribution in [0.15, 0.2) is 28.0 Å². The van der Waals surface area contributed by atoms with Crippen molar-refractivity contribution in [3.05, 3.63) is 45.4 Å². The summed E-state index contributed by atoms with van der Waals surface area (Å²) in [6.07, 6.45) is 1.74. The van der Waals surface area contributed by atoms with E-state index in [0.29, 0.717) is 29.4 Å². The zero-order chi connectivity index (χ0) is 17.7. The van der Waals surface area contributed by atoms with Crippen LogP contribution in [-0.2, 0) is 0 Å². The molecule has 0 atom stereocenters. The number of nitrogens with one attached hydrogen (secondary N) is 1. The number of aryl methyl sites for hydroxylation is 1. The van der Waals surface area contributed by atoms with Gasteiger partial charge in [-0.3, -0.25) is 9.79 Å². The molecule has 0 unspecified atom stereocenters. The second-order valence-electron chi connectivity index (χ2n) is 5.74. The molecule has 5 nitrogen and oxygen atoms in total. The molecule has 1 aromatic heterocycles. The molecule has 0 bridgehead atoms. The third-order valence-electron chi connectivity index (χ3n) is 3.87. The fraction of sp³-hybridized carbons (Fsp3) is 0.421. The normalized spacial score (nSPS) is 11.6. The maximum Gasteiger partial charge on any atom is 0.254 e. The number of aliphatic imine (C=N–C) groups is 1. The molecule has 0 spiro atoms. The molecule has 1 N–H and O–H groups in total. The number of H-pyrrole nitrogens is 1. The maximum absolute atomic E-state index is 12.4. The van der Waals surface area contributed by atoms with Gasteiger partial charge < -0.3 is 9.72 Å². The van der Waals surface area contributed by atoms with Crippen molar-refractivity contribution in [3.8, 4) is 17.1 Å². The number of nitrogens with zero attached hydrogens (tertiary/aromatic N) is 2. The standard InChI is InChI=1S/C19H25N3O2/c1-6-8-15(20-5)17-13(4)19(23)22-18(21-17)14-11-12(3)9-10-16(14)24-7-2/h9-11H,6-8H2,1-5H3,(H,21,22,23)/b20-15-. The lowest BCUT2D eigenvalue weighted by atomic mass is 10.1. The second-order valence-corrected chi connectivity index (χ2v) is 5.74. The molecule has 0 aliphatic carbocycles. The number of ether oxygens (including phenoxy) is 1. The molecule has 24 heavy (non-hydrogen) atoms. The first kappa shape index (κ1) is 17.9. The van der Waals surface area contributed by atoms with Crippen LogP contribution in [0.5, 0.6) is 5.75 Å². The molecular formula is C19H25N3O2. The van der Waals surface area contributed by atoms with Crippen molar-refractivity contribution in [2.45, 2.75) is 40.5 Å². The minimum atomic E-state index is -0.142. The molecule has 1 aromatic carbocycles. The van der Waals surface area contributed by atoms with E-state index in [9.17, 15) is 4.79 Å². The lowest BCUT2D eigenvalue weighted by Crippen LogP contribution is -2.20. The first-order valence-electron chi connectivity index (χ1n) is 8.32. The zero-order valence-electron chi connectivity index (χ0n) is 15.1. The van der Waals surface area contributed by atoms with Crippen molar-refractivity contribution in [1.29, 1.82) is 0 Å². The Bertz CT molecular complexity index is 807. The Labute approximate surface area is 142 Å². The van der Waals surface area contributed by atoms with E-state index in [1.165, 1.54) is 0 Å². The highest BCUT2D eigenvalue weighted by molar-refractivity contribution is 6.00. The Balaban J connectivity index is 2.67. The van der Waals surface area contributed by atoms with Gasteiger partial charge in [0.2, 0.25) is 0 Å². The van der Waals surface area contributed by atoms with E-state index < -0.39 is 0 Å². The average Bonchev–Trinajstić information content (AvgIpc) is 2.57. The van der Waals surface area contributed by atoms with Gasteiger partial charge in [0.25, 0.3) is 5.56 Å². The first-order valence-corrected chi connectivity index (χ1v) is 8.32. The third-order valence-corrected chi connectivity index (χ3v) is 3.87. The van der Waals surface area contributed by atoms with Crippen LogP contribution in [0.25, 0.3) is 11.4 Å². The van der Waals surface area contributed by atoms with Crippen LogP contribution in [-0.4, -0.2) is 29.3 Å². The van der Waals surface area contributed by atoms with Crippen molar-refractivity contribution >= 4 is 5.71 Å². The summed E-state index contributed by atoms with van der Waals surface area (Å²) in [6.45, 7) is 8.36. The number of rotatable bonds is 6. The van der Waals surface area contributed by atoms with Crippen LogP contribution in [0.2, 0.25) is 0 Å². The van der Waals surface area contributed by atoms with Gasteiger partial charge in [0.1, 0.15) is 11.6 Å². The summed E-state index contributed by atoms with van der Waals surface area (Å²) < 4.78 is 5.70. The minimum absolute atomic E-state index is 0.142. The van der Waals surface area contributed by atoms with E-state index in [0.717, 1.165) is 29.7 Å². The van der Waals surface area contributed by atoms with E-state index in [4.69, 9.17) is 9.72 Å². The van der Waals surface area contributed by atoms with Crippen molar-refractivity contribution in [3.63, 3.8) is 0 Å². The predicted octanol–water partition coefficient (Wildman–Crippen LogP) is 3.67. The summed E-state index contributed by atoms with van der Waals surface area (Å²) in [5.41, 5.74) is 3.85. The molecular weight excluding hydrogens is 302 g/mol. The van der Waals surface area contributed by atoms with Crippen molar-refractivity contribution < 1.29 is 4.74 Å². The van der Waals surface area contributed by atoms with Gasteiger partial charge in [0.05, 0.1) is 23.6 Å². The highest BCUT2D eigenvalue weighted by Gasteiger charge is 2.16. The molecule has 0 radical (unpaired) electrons. The van der Waals surface area contributed by atoms with Gasteiger partial charge in [-0.1, -0.05) is 25.0 Å². The maximum atomic E-state index is 12.4. The molecule has 0 amide bonds. The highest BCUT2D eigenvalue weighted by Crippen LogP contribution is 2.28. The van der Waals surface area contributed by atoms with Crippen LogP contribution in [0, 0.1) is 13.8 Å². The van der Waals surface area contributed by atoms with Gasteiger partial charge in [0, 0.05) is 12.6 Å². The number of hydrogen-bond acceptors (Lipinski definition) is 4. The number of hydrogen-bond donors (Lipinski definition) is 1. The van der Waals surface area contributed by atoms with E-state index in [2.05, 4.69) is 16.9 Å². The summed E-state index contributed by atoms with van der Waals surface area (Å²) in [6, 6.07) is 5.87. The molecule has 128 valence electrons. The zero-order valence-corrected chi connectivity index (χ0v) is 15.1. The van der Waals surface area contributed by atoms with Crippen LogP contribution in [0.1, 0.15) is 43.5 Å². The smallest absolute Gasteiger partial charge is 0.254 e. The van der Waals surface area contributed by atoms with Crippen molar-refractivity contribution in [1.82, 2.24) is 9.97 Å². The Morgan fingerprint density at radius 2 is 2.04 bits per heavy atom. The summed E-state index contributed by atoms with van der Waals surface area (Å²) in [4.78, 5) is 24.3. The van der Waals surface area contributed by atoms with E-state index in [-0.39, 0.29) is 5.56 Å². The van der Waals surface area contributed by atoms with Gasteiger partial charge in [-0.05, 0) is 39.3 Å². The average molecular weight is 327 g/mol. The molecule has 1 heterocycles. The van der Waals surface area contributed by atoms with Gasteiger partial charge in [-0.2, -0.15) is 0 Å². The number of aromatic amines is 1. The topological polar surface area (TPSA) is 67.3 Å². The molecule has 0 aliphatic heterocycles. The van der Waals surface area contributed by atoms with Gasteiger partial charge in [-0.25, -0.2) is 4.98 Å². The van der Waals surface area contributed by atoms with Crippen LogP contribution < -0.4 is 10.3 Å². The van der Waals surface area contributed by atoms with Crippen molar-refractivity contribution in [2.75, 3.05) is 13.7 Å². The van der Waals surface area contributed by atoms with Gasteiger partial charge >= 0.3 is 0 Å². The second kappa shape index (κ2) is 7.90. The summed E-state index contributed by atoms with van der Waals surface area (Å²) >= 11 is 0. The largest absolute Gasteiger partial charge is 0.493 e. The third kappa shape index (κ3) is 3.72. The molecule has 0 fully saturated rings. The van der Waals surface area contributed by atoms with E-state index in [1.54, 1.807) is 14.0 Å². The molecule has 2 aromatic rings. The fourth-order valence-electron chi connectivity index (χ4n) is 2.62. The molecule has 2 rings (SSSR count). The van der Waals surface area contributed by atoms with Crippen LogP contribution >= 0.6 is 0 Å². The van der Waals surface area contributed by atoms with Gasteiger partial charge in [-0.15, -0.1) is 0 Å². The SMILES string of the molecule is CCC/C(=N/C)c1nc(-c2cc(C)ccc2OCC)[nH]c(=O)c1C. The summed E-state index contributed by atoms with van der Waals surface area (Å²) in [5, 5.41) is 0. The van der Waals surface area contributed by atoms with E-state index in [1.807, 2.05) is 32.0 Å². The quantitative estimate of drug-likeness (QED) is 0.823. The minimum Gasteiger partial charge on any atom is -0.493 e. The predicted molar refractivity (Wildman–Crippen MR) is 98.3 cm³/mol. The monoisotopic (exact) mass is 327 g/mol. The lowest BCUT2D eigenvalue weighted by Gasteiger charge is -2.13. The lowest BCUT2D eigenvalue weighted by molar-refractivity contribution is 0.341. The van der Waals surface area contributed by atoms with E-state index >= 15 is 0 Å².